The van der Waals surface area contributed by atoms with Crippen molar-refractivity contribution in [3.05, 3.63) is 53.7 Å². The molecule has 1 fully saturated rings. The molecule has 0 saturated carbocycles. The predicted octanol–water partition coefficient (Wildman–Crippen LogP) is 1.10. The zero-order chi connectivity index (χ0) is 19.6. The minimum atomic E-state index is -4.06. The Bertz CT molecular complexity index is 959. The maximum atomic E-state index is 14.0. The van der Waals surface area contributed by atoms with E-state index in [0.717, 1.165) is 18.2 Å². The number of likely N-dealkylation sites (tertiary alicyclic amines) is 1. The van der Waals surface area contributed by atoms with Gasteiger partial charge in [-0.3, -0.25) is 9.59 Å². The highest BCUT2D eigenvalue weighted by Gasteiger charge is 2.28. The Hall–Kier alpha value is -2.72. The maximum Gasteiger partial charge on any atom is 0.289 e. The van der Waals surface area contributed by atoms with Crippen LogP contribution < -0.4 is 10.5 Å². The molecule has 3 rings (SSSR count). The third-order valence-corrected chi connectivity index (χ3v) is 5.20. The van der Waals surface area contributed by atoms with Gasteiger partial charge in [-0.15, -0.1) is 0 Å². The number of benzene rings is 1. The smallest absolute Gasteiger partial charge is 0.289 e. The second-order valence-electron chi connectivity index (χ2n) is 6.23. The van der Waals surface area contributed by atoms with Crippen LogP contribution in [0.15, 0.2) is 45.9 Å². The van der Waals surface area contributed by atoms with E-state index in [1.54, 1.807) is 17.0 Å². The van der Waals surface area contributed by atoms with Gasteiger partial charge in [-0.25, -0.2) is 17.9 Å². The van der Waals surface area contributed by atoms with Crippen molar-refractivity contribution in [1.82, 2.24) is 10.2 Å². The summed E-state index contributed by atoms with van der Waals surface area (Å²) >= 11 is 0. The first-order valence-corrected chi connectivity index (χ1v) is 9.76. The molecule has 2 aromatic rings. The molecule has 0 radical (unpaired) electrons. The largest absolute Gasteiger partial charge is 0.459 e. The third-order valence-electron chi connectivity index (χ3n) is 4.29. The number of primary sulfonamides is 1. The highest BCUT2D eigenvalue weighted by molar-refractivity contribution is 7.89. The van der Waals surface area contributed by atoms with Gasteiger partial charge in [-0.2, -0.15) is 0 Å². The quantitative estimate of drug-likeness (QED) is 0.803. The molecule has 1 aromatic heterocycles. The first-order valence-electron chi connectivity index (χ1n) is 8.21. The number of nitrogens with two attached hydrogens (primary N) is 1. The lowest BCUT2D eigenvalue weighted by Gasteiger charge is -2.32. The first-order chi connectivity index (χ1) is 12.8. The van der Waals surface area contributed by atoms with E-state index in [0.29, 0.717) is 19.4 Å². The van der Waals surface area contributed by atoms with Crippen molar-refractivity contribution < 1.29 is 26.8 Å². The minimum absolute atomic E-state index is 0.203. The molecule has 144 valence electrons. The van der Waals surface area contributed by atoms with Gasteiger partial charge in [0.1, 0.15) is 5.82 Å². The maximum absolute atomic E-state index is 14.0. The van der Waals surface area contributed by atoms with Gasteiger partial charge < -0.3 is 14.6 Å². The number of hydrogen-bond acceptors (Lipinski definition) is 5. The number of rotatable bonds is 4. The summed E-state index contributed by atoms with van der Waals surface area (Å²) in [5.74, 6) is -1.72. The van der Waals surface area contributed by atoms with E-state index in [-0.39, 0.29) is 23.1 Å². The summed E-state index contributed by atoms with van der Waals surface area (Å²) in [6.07, 6.45) is 2.65. The summed E-state index contributed by atoms with van der Waals surface area (Å²) in [4.78, 5) is 26.0. The van der Waals surface area contributed by atoms with Crippen LogP contribution in [-0.2, 0) is 10.0 Å². The van der Waals surface area contributed by atoms with E-state index < -0.39 is 33.4 Å². The number of carbonyl (C=O) groups is 2. The van der Waals surface area contributed by atoms with Crippen molar-refractivity contribution in [2.45, 2.75) is 23.8 Å². The standard InChI is InChI=1S/C17H18FN3O5S/c18-14-6-5-12(27(19,24)25)9-13(14)16(22)20-11-3-1-7-21(10-11)17(23)15-4-2-8-26-15/h2,4-6,8-9,11H,1,3,7,10H2,(H,20,22)(H2,19,24,25)/t11-/m0/s1. The van der Waals surface area contributed by atoms with Crippen molar-refractivity contribution in [3.63, 3.8) is 0 Å². The van der Waals surface area contributed by atoms with Gasteiger partial charge >= 0.3 is 0 Å². The average Bonchev–Trinajstić information content (AvgIpc) is 3.15. The summed E-state index contributed by atoms with van der Waals surface area (Å²) in [6.45, 7) is 0.753. The highest BCUT2D eigenvalue weighted by Crippen LogP contribution is 2.17. The van der Waals surface area contributed by atoms with E-state index in [9.17, 15) is 22.4 Å². The number of hydrogen-bond donors (Lipinski definition) is 2. The predicted molar refractivity (Wildman–Crippen MR) is 92.9 cm³/mol. The Morgan fingerprint density at radius 2 is 2.07 bits per heavy atom. The number of nitrogens with zero attached hydrogens (tertiary/aromatic N) is 1. The third kappa shape index (κ3) is 4.34. The Kier molecular flexibility index (Phi) is 5.29. The molecule has 1 atom stereocenters. The van der Waals surface area contributed by atoms with E-state index in [2.05, 4.69) is 5.32 Å². The lowest BCUT2D eigenvalue weighted by molar-refractivity contribution is 0.0646. The van der Waals surface area contributed by atoms with Crippen LogP contribution in [-0.4, -0.2) is 44.3 Å². The van der Waals surface area contributed by atoms with Gasteiger partial charge in [0.05, 0.1) is 16.7 Å². The zero-order valence-electron chi connectivity index (χ0n) is 14.2. The van der Waals surface area contributed by atoms with Crippen LogP contribution in [0.5, 0.6) is 0 Å². The first kappa shape index (κ1) is 19.1. The summed E-state index contributed by atoms with van der Waals surface area (Å²) in [5.41, 5.74) is -0.420. The minimum Gasteiger partial charge on any atom is -0.459 e. The van der Waals surface area contributed by atoms with Gasteiger partial charge in [0.15, 0.2) is 5.76 Å². The molecule has 3 N–H and O–H groups in total. The topological polar surface area (TPSA) is 123 Å². The number of amides is 2. The van der Waals surface area contributed by atoms with Gasteiger partial charge in [0.25, 0.3) is 11.8 Å². The number of nitrogens with one attached hydrogen (secondary N) is 1. The second kappa shape index (κ2) is 7.49. The van der Waals surface area contributed by atoms with Crippen LogP contribution in [0.2, 0.25) is 0 Å². The summed E-state index contributed by atoms with van der Waals surface area (Å²) in [7, 11) is -4.06. The fourth-order valence-electron chi connectivity index (χ4n) is 2.95. The number of halogens is 1. The van der Waals surface area contributed by atoms with E-state index >= 15 is 0 Å². The van der Waals surface area contributed by atoms with Crippen molar-refractivity contribution >= 4 is 21.8 Å². The van der Waals surface area contributed by atoms with Crippen molar-refractivity contribution in [1.29, 1.82) is 0 Å². The van der Waals surface area contributed by atoms with Gasteiger partial charge in [-0.1, -0.05) is 0 Å². The van der Waals surface area contributed by atoms with Crippen LogP contribution in [0.1, 0.15) is 33.8 Å². The normalized spacial score (nSPS) is 17.6. The number of sulfonamides is 1. The van der Waals surface area contributed by atoms with Crippen molar-refractivity contribution in [2.75, 3.05) is 13.1 Å². The molecule has 27 heavy (non-hydrogen) atoms. The SMILES string of the molecule is NS(=O)(=O)c1ccc(F)c(C(=O)N[C@H]2CCCN(C(=O)c3ccco3)C2)c1. The molecular weight excluding hydrogens is 377 g/mol. The fraction of sp³-hybridized carbons (Fsp3) is 0.294. The lowest BCUT2D eigenvalue weighted by Crippen LogP contribution is -2.49. The molecule has 1 aliphatic heterocycles. The Morgan fingerprint density at radius 3 is 2.74 bits per heavy atom. The molecule has 1 aliphatic rings. The molecule has 1 aromatic carbocycles. The van der Waals surface area contributed by atoms with E-state index in [4.69, 9.17) is 9.56 Å². The molecule has 8 nitrogen and oxygen atoms in total. The number of piperidine rings is 1. The van der Waals surface area contributed by atoms with Gasteiger partial charge in [-0.05, 0) is 43.2 Å². The van der Waals surface area contributed by atoms with Crippen LogP contribution in [0.3, 0.4) is 0 Å². The molecule has 0 aliphatic carbocycles. The van der Waals surface area contributed by atoms with Gasteiger partial charge in [0, 0.05) is 19.1 Å². The van der Waals surface area contributed by atoms with E-state index in [1.165, 1.54) is 6.26 Å². The average molecular weight is 395 g/mol. The fourth-order valence-corrected chi connectivity index (χ4v) is 3.49. The zero-order valence-corrected chi connectivity index (χ0v) is 15.0. The Morgan fingerprint density at radius 1 is 1.30 bits per heavy atom. The van der Waals surface area contributed by atoms with E-state index in [1.807, 2.05) is 0 Å². The summed E-state index contributed by atoms with van der Waals surface area (Å²) < 4.78 is 41.9. The van der Waals surface area contributed by atoms with Crippen molar-refractivity contribution in [2.24, 2.45) is 5.14 Å². The Labute approximate surface area is 155 Å². The molecule has 0 unspecified atom stereocenters. The van der Waals surface area contributed by atoms with Crippen LogP contribution in [0.25, 0.3) is 0 Å². The monoisotopic (exact) mass is 395 g/mol. The number of carbonyl (C=O) groups excluding carboxylic acids is 2. The second-order valence-corrected chi connectivity index (χ2v) is 7.79. The molecule has 1 saturated heterocycles. The number of furan rings is 1. The van der Waals surface area contributed by atoms with Crippen LogP contribution in [0.4, 0.5) is 4.39 Å². The molecular formula is C17H18FN3O5S. The lowest BCUT2D eigenvalue weighted by atomic mass is 10.0. The summed E-state index contributed by atoms with van der Waals surface area (Å²) in [5, 5.41) is 7.67. The highest BCUT2D eigenvalue weighted by atomic mass is 32.2. The Balaban J connectivity index is 1.72. The molecule has 0 bridgehead atoms. The van der Waals surface area contributed by atoms with Gasteiger partial charge in [0.2, 0.25) is 10.0 Å². The molecule has 2 heterocycles. The molecule has 10 heteroatoms. The van der Waals surface area contributed by atoms with Crippen LogP contribution >= 0.6 is 0 Å². The molecule has 2 amide bonds. The summed E-state index contributed by atoms with van der Waals surface area (Å²) in [6, 6.07) is 5.53. The molecule has 0 spiro atoms. The van der Waals surface area contributed by atoms with Crippen LogP contribution in [0, 0.1) is 5.82 Å². The van der Waals surface area contributed by atoms with Crippen molar-refractivity contribution in [3.8, 4) is 0 Å².